The smallest absolute Gasteiger partial charge is 0.341 e. The molecule has 0 bridgehead atoms. The summed E-state index contributed by atoms with van der Waals surface area (Å²) in [5, 5.41) is 0.841. The second kappa shape index (κ2) is 4.98. The molecule has 5 heteroatoms. The van der Waals surface area contributed by atoms with Gasteiger partial charge in [0.05, 0.1) is 16.7 Å². The van der Waals surface area contributed by atoms with Crippen molar-refractivity contribution in [1.29, 1.82) is 0 Å². The maximum atomic E-state index is 11.7. The Bertz CT molecular complexity index is 636. The van der Waals surface area contributed by atoms with Crippen molar-refractivity contribution in [2.24, 2.45) is 0 Å². The first-order chi connectivity index (χ1) is 8.13. The summed E-state index contributed by atoms with van der Waals surface area (Å²) in [5.41, 5.74) is 1.29. The Morgan fingerprint density at radius 2 is 2.29 bits per heavy atom. The summed E-state index contributed by atoms with van der Waals surface area (Å²) in [7, 11) is 0. The van der Waals surface area contributed by atoms with Gasteiger partial charge >= 0.3 is 5.97 Å². The van der Waals surface area contributed by atoms with Crippen molar-refractivity contribution in [2.45, 2.75) is 6.92 Å². The van der Waals surface area contributed by atoms with Crippen LogP contribution in [0.5, 0.6) is 0 Å². The first-order valence-electron chi connectivity index (χ1n) is 5.11. The highest BCUT2D eigenvalue weighted by atomic mass is 79.9. The lowest BCUT2D eigenvalue weighted by molar-refractivity contribution is 0.0525. The number of esters is 1. The second-order valence-electron chi connectivity index (χ2n) is 3.44. The van der Waals surface area contributed by atoms with Crippen molar-refractivity contribution in [2.75, 3.05) is 6.61 Å². The van der Waals surface area contributed by atoms with E-state index < -0.39 is 5.97 Å². The predicted octanol–water partition coefficient (Wildman–Crippen LogP) is 3.84. The summed E-state index contributed by atoms with van der Waals surface area (Å²) in [5.74, 6) is -0.390. The van der Waals surface area contributed by atoms with Gasteiger partial charge in [-0.1, -0.05) is 34.2 Å². The number of carbonyl (C=O) groups excluding carboxylic acids is 1. The number of pyridine rings is 1. The third kappa shape index (κ3) is 2.40. The maximum Gasteiger partial charge on any atom is 0.341 e. The summed E-state index contributed by atoms with van der Waals surface area (Å²) in [6.45, 7) is 2.11. The van der Waals surface area contributed by atoms with Crippen LogP contribution in [0.1, 0.15) is 17.3 Å². The Morgan fingerprint density at radius 1 is 1.53 bits per heavy atom. The van der Waals surface area contributed by atoms with Gasteiger partial charge < -0.3 is 9.72 Å². The summed E-state index contributed by atoms with van der Waals surface area (Å²) < 4.78 is 6.42. The Kier molecular flexibility index (Phi) is 3.59. The van der Waals surface area contributed by atoms with Gasteiger partial charge in [0.2, 0.25) is 0 Å². The lowest BCUT2D eigenvalue weighted by atomic mass is 10.1. The van der Waals surface area contributed by atoms with Crippen LogP contribution in [0.2, 0.25) is 0 Å². The number of H-pyrrole nitrogens is 1. The number of nitrogens with one attached hydrogen (secondary N) is 1. The van der Waals surface area contributed by atoms with E-state index in [9.17, 15) is 4.79 Å². The van der Waals surface area contributed by atoms with Crippen LogP contribution in [0.4, 0.5) is 0 Å². The van der Waals surface area contributed by atoms with E-state index in [1.54, 1.807) is 13.1 Å². The molecule has 1 N–H and O–H groups in total. The number of benzene rings is 1. The normalized spacial score (nSPS) is 10.5. The van der Waals surface area contributed by atoms with Crippen molar-refractivity contribution < 1.29 is 9.53 Å². The minimum absolute atomic E-state index is 0.339. The average molecular weight is 312 g/mol. The van der Waals surface area contributed by atoms with Crippen LogP contribution in [-0.2, 0) is 4.74 Å². The number of rotatable bonds is 2. The fraction of sp³-hybridized carbons (Fsp3) is 0.167. The molecule has 2 aromatic rings. The summed E-state index contributed by atoms with van der Waals surface area (Å²) in [6, 6.07) is 5.68. The van der Waals surface area contributed by atoms with Crippen molar-refractivity contribution in [3.8, 4) is 0 Å². The van der Waals surface area contributed by atoms with Crippen LogP contribution in [0.15, 0.2) is 28.9 Å². The molecule has 0 radical (unpaired) electrons. The van der Waals surface area contributed by atoms with Gasteiger partial charge in [-0.25, -0.2) is 4.79 Å². The molecule has 0 amide bonds. The molecule has 0 saturated heterocycles. The van der Waals surface area contributed by atoms with Gasteiger partial charge in [0.25, 0.3) is 0 Å². The molecule has 1 heterocycles. The van der Waals surface area contributed by atoms with Gasteiger partial charge in [-0.05, 0) is 19.1 Å². The van der Waals surface area contributed by atoms with E-state index in [0.29, 0.717) is 16.7 Å². The number of ether oxygens (including phenoxy) is 1. The molecule has 0 saturated carbocycles. The van der Waals surface area contributed by atoms with E-state index in [-0.39, 0.29) is 0 Å². The van der Waals surface area contributed by atoms with Gasteiger partial charge in [0.1, 0.15) is 0 Å². The highest BCUT2D eigenvalue weighted by Gasteiger charge is 2.10. The SMILES string of the molecule is CCOC(=O)c1c[nH]c2cc(Br)ccc2c1=S. The predicted molar refractivity (Wildman–Crippen MR) is 72.8 cm³/mol. The first-order valence-corrected chi connectivity index (χ1v) is 6.31. The van der Waals surface area contributed by atoms with Crippen molar-refractivity contribution in [3.05, 3.63) is 38.9 Å². The number of carbonyl (C=O) groups is 1. The molecule has 0 atom stereocenters. The fourth-order valence-corrected chi connectivity index (χ4v) is 2.24. The van der Waals surface area contributed by atoms with E-state index in [4.69, 9.17) is 17.0 Å². The third-order valence-electron chi connectivity index (χ3n) is 2.34. The van der Waals surface area contributed by atoms with Gasteiger partial charge in [-0.2, -0.15) is 0 Å². The molecule has 1 aromatic heterocycles. The van der Waals surface area contributed by atoms with Crippen LogP contribution in [-0.4, -0.2) is 17.6 Å². The number of fused-ring (bicyclic) bond motifs is 1. The van der Waals surface area contributed by atoms with Gasteiger partial charge in [0, 0.05) is 21.6 Å². The highest BCUT2D eigenvalue weighted by molar-refractivity contribution is 9.10. The van der Waals surface area contributed by atoms with Crippen molar-refractivity contribution in [1.82, 2.24) is 4.98 Å². The summed E-state index contributed by atoms with van der Waals surface area (Å²) in [4.78, 5) is 14.7. The van der Waals surface area contributed by atoms with E-state index in [0.717, 1.165) is 15.4 Å². The molecule has 17 heavy (non-hydrogen) atoms. The Hall–Kier alpha value is -1.20. The number of hydrogen-bond donors (Lipinski definition) is 1. The molecule has 0 aliphatic carbocycles. The minimum atomic E-state index is -0.390. The average Bonchev–Trinajstić information content (AvgIpc) is 2.29. The number of aromatic amines is 1. The number of halogens is 1. The monoisotopic (exact) mass is 311 g/mol. The number of hydrogen-bond acceptors (Lipinski definition) is 3. The van der Waals surface area contributed by atoms with Gasteiger partial charge in [-0.3, -0.25) is 0 Å². The molecule has 0 aliphatic rings. The van der Waals surface area contributed by atoms with Crippen LogP contribution in [0.3, 0.4) is 0 Å². The highest BCUT2D eigenvalue weighted by Crippen LogP contribution is 2.21. The topological polar surface area (TPSA) is 42.1 Å². The Morgan fingerprint density at radius 3 is 3.00 bits per heavy atom. The maximum absolute atomic E-state index is 11.7. The lowest BCUT2D eigenvalue weighted by Crippen LogP contribution is -2.06. The Balaban J connectivity index is 2.62. The van der Waals surface area contributed by atoms with E-state index in [1.165, 1.54) is 0 Å². The Labute approximate surface area is 112 Å². The molecule has 0 fully saturated rings. The van der Waals surface area contributed by atoms with Crippen LogP contribution >= 0.6 is 28.1 Å². The molecule has 88 valence electrons. The van der Waals surface area contributed by atoms with E-state index in [2.05, 4.69) is 20.9 Å². The molecule has 0 aliphatic heterocycles. The quantitative estimate of drug-likeness (QED) is 0.677. The molecule has 0 spiro atoms. The van der Waals surface area contributed by atoms with Crippen LogP contribution < -0.4 is 0 Å². The third-order valence-corrected chi connectivity index (χ3v) is 3.27. The second-order valence-corrected chi connectivity index (χ2v) is 4.77. The molecule has 0 unspecified atom stereocenters. The molecular weight excluding hydrogens is 302 g/mol. The molecule has 1 aromatic carbocycles. The summed E-state index contributed by atoms with van der Waals surface area (Å²) in [6.07, 6.45) is 1.59. The zero-order valence-corrected chi connectivity index (χ0v) is 11.5. The van der Waals surface area contributed by atoms with Crippen LogP contribution in [0, 0.1) is 4.51 Å². The van der Waals surface area contributed by atoms with Crippen molar-refractivity contribution in [3.63, 3.8) is 0 Å². The van der Waals surface area contributed by atoms with Crippen LogP contribution in [0.25, 0.3) is 10.9 Å². The molecule has 3 nitrogen and oxygen atoms in total. The minimum Gasteiger partial charge on any atom is -0.462 e. The molecular formula is C12H10BrNO2S. The van der Waals surface area contributed by atoms with Gasteiger partial charge in [0.15, 0.2) is 0 Å². The van der Waals surface area contributed by atoms with E-state index >= 15 is 0 Å². The standard InChI is InChI=1S/C12H10BrNO2S/c1-2-16-12(15)9-6-14-10-5-7(13)3-4-8(10)11(9)17/h3-6H,2H2,1H3,(H,14,17). The lowest BCUT2D eigenvalue weighted by Gasteiger charge is -2.05. The number of aromatic nitrogens is 1. The summed E-state index contributed by atoms with van der Waals surface area (Å²) >= 11 is 8.67. The van der Waals surface area contributed by atoms with E-state index in [1.807, 2.05) is 18.2 Å². The first kappa shape index (κ1) is 12.3. The zero-order chi connectivity index (χ0) is 12.4. The zero-order valence-electron chi connectivity index (χ0n) is 9.12. The molecule has 2 rings (SSSR count). The van der Waals surface area contributed by atoms with Gasteiger partial charge in [-0.15, -0.1) is 0 Å². The van der Waals surface area contributed by atoms with Crippen molar-refractivity contribution >= 4 is 45.0 Å². The fourth-order valence-electron chi connectivity index (χ4n) is 1.55. The largest absolute Gasteiger partial charge is 0.462 e.